The number of benzene rings is 1. The maximum Gasteiger partial charge on any atom is 0.221 e. The van der Waals surface area contributed by atoms with Gasteiger partial charge in [0.05, 0.1) is 0 Å². The van der Waals surface area contributed by atoms with Gasteiger partial charge >= 0.3 is 0 Å². The third kappa shape index (κ3) is 1.79. The van der Waals surface area contributed by atoms with Crippen LogP contribution in [0.1, 0.15) is 35.4 Å². The van der Waals surface area contributed by atoms with E-state index >= 15 is 0 Å². The molecule has 0 amide bonds. The van der Waals surface area contributed by atoms with Crippen LogP contribution in [0.4, 0.5) is 11.8 Å². The molecule has 0 spiro atoms. The highest BCUT2D eigenvalue weighted by molar-refractivity contribution is 5.49. The van der Waals surface area contributed by atoms with Crippen LogP contribution in [0.3, 0.4) is 0 Å². The second-order valence-corrected chi connectivity index (χ2v) is 4.71. The summed E-state index contributed by atoms with van der Waals surface area (Å²) in [7, 11) is 0. The largest absolute Gasteiger partial charge is 0.383 e. The fourth-order valence-electron chi connectivity index (χ4n) is 2.76. The van der Waals surface area contributed by atoms with E-state index in [2.05, 4.69) is 34.2 Å². The first-order chi connectivity index (χ1) is 8.75. The van der Waals surface area contributed by atoms with Gasteiger partial charge in [0, 0.05) is 17.7 Å². The van der Waals surface area contributed by atoms with E-state index in [1.54, 1.807) is 6.20 Å². The highest BCUT2D eigenvalue weighted by atomic mass is 15.0. The van der Waals surface area contributed by atoms with E-state index in [1.807, 2.05) is 0 Å². The van der Waals surface area contributed by atoms with Gasteiger partial charge in [-0.05, 0) is 30.4 Å². The topological polar surface area (TPSA) is 77.8 Å². The smallest absolute Gasteiger partial charge is 0.221 e. The number of nitrogens with two attached hydrogens (primary N) is 2. The molecule has 4 N–H and O–H groups in total. The van der Waals surface area contributed by atoms with Gasteiger partial charge in [-0.15, -0.1) is 0 Å². The summed E-state index contributed by atoms with van der Waals surface area (Å²) in [6.45, 7) is 0. The van der Waals surface area contributed by atoms with Gasteiger partial charge in [0.1, 0.15) is 5.82 Å². The number of anilines is 2. The molecule has 1 aromatic carbocycles. The summed E-state index contributed by atoms with van der Waals surface area (Å²) in [6.07, 6.45) is 5.17. The number of nitrogen functional groups attached to an aromatic ring is 2. The van der Waals surface area contributed by atoms with Crippen molar-refractivity contribution in [2.45, 2.75) is 25.2 Å². The van der Waals surface area contributed by atoms with Crippen LogP contribution in [0, 0.1) is 0 Å². The molecule has 0 radical (unpaired) electrons. The minimum absolute atomic E-state index is 0.236. The molecule has 0 saturated heterocycles. The van der Waals surface area contributed by atoms with E-state index in [9.17, 15) is 0 Å². The Kier molecular flexibility index (Phi) is 2.63. The molecule has 0 bridgehead atoms. The van der Waals surface area contributed by atoms with Gasteiger partial charge in [-0.1, -0.05) is 24.3 Å². The molecule has 1 aliphatic carbocycles. The second kappa shape index (κ2) is 4.29. The van der Waals surface area contributed by atoms with Crippen LogP contribution in [-0.4, -0.2) is 9.97 Å². The lowest BCUT2D eigenvalue weighted by Crippen LogP contribution is -2.14. The first kappa shape index (κ1) is 11.0. The Bertz CT molecular complexity index is 580. The number of aryl methyl sites for hydroxylation is 1. The molecule has 4 nitrogen and oxygen atoms in total. The van der Waals surface area contributed by atoms with Gasteiger partial charge in [0.25, 0.3) is 0 Å². The number of hydrogen-bond donors (Lipinski definition) is 2. The minimum atomic E-state index is 0.236. The van der Waals surface area contributed by atoms with E-state index < -0.39 is 0 Å². The van der Waals surface area contributed by atoms with Gasteiger partial charge < -0.3 is 11.5 Å². The molecule has 1 unspecified atom stereocenters. The maximum absolute atomic E-state index is 5.98. The van der Waals surface area contributed by atoms with Gasteiger partial charge in [0.2, 0.25) is 5.95 Å². The van der Waals surface area contributed by atoms with Crippen molar-refractivity contribution in [3.05, 3.63) is 47.2 Å². The molecule has 2 aromatic rings. The van der Waals surface area contributed by atoms with E-state index in [1.165, 1.54) is 17.5 Å². The first-order valence-electron chi connectivity index (χ1n) is 6.21. The normalized spacial score (nSPS) is 18.3. The van der Waals surface area contributed by atoms with Crippen LogP contribution < -0.4 is 11.5 Å². The molecular weight excluding hydrogens is 224 g/mol. The molecule has 18 heavy (non-hydrogen) atoms. The number of aromatic nitrogens is 2. The second-order valence-electron chi connectivity index (χ2n) is 4.71. The average molecular weight is 240 g/mol. The molecular formula is C14H16N4. The van der Waals surface area contributed by atoms with Crippen molar-refractivity contribution in [3.8, 4) is 0 Å². The summed E-state index contributed by atoms with van der Waals surface area (Å²) in [5, 5.41) is 0. The quantitative estimate of drug-likeness (QED) is 0.800. The Labute approximate surface area is 106 Å². The monoisotopic (exact) mass is 240 g/mol. The number of hydrogen-bond acceptors (Lipinski definition) is 4. The Balaban J connectivity index is 2.08. The molecule has 1 aliphatic rings. The molecule has 1 atom stereocenters. The molecule has 92 valence electrons. The fourth-order valence-corrected chi connectivity index (χ4v) is 2.76. The van der Waals surface area contributed by atoms with Crippen molar-refractivity contribution in [1.29, 1.82) is 0 Å². The third-order valence-electron chi connectivity index (χ3n) is 3.61. The van der Waals surface area contributed by atoms with Crippen LogP contribution in [0.5, 0.6) is 0 Å². The molecule has 0 aliphatic heterocycles. The summed E-state index contributed by atoms with van der Waals surface area (Å²) in [4.78, 5) is 8.14. The zero-order valence-electron chi connectivity index (χ0n) is 10.1. The molecule has 1 heterocycles. The van der Waals surface area contributed by atoms with Gasteiger partial charge in [-0.3, -0.25) is 0 Å². The van der Waals surface area contributed by atoms with Crippen LogP contribution >= 0.6 is 0 Å². The van der Waals surface area contributed by atoms with Crippen LogP contribution in [0.2, 0.25) is 0 Å². The van der Waals surface area contributed by atoms with Crippen LogP contribution in [0.25, 0.3) is 0 Å². The number of rotatable bonds is 1. The van der Waals surface area contributed by atoms with E-state index in [0.29, 0.717) is 11.7 Å². The van der Waals surface area contributed by atoms with Gasteiger partial charge in [-0.2, -0.15) is 4.98 Å². The van der Waals surface area contributed by atoms with Crippen molar-refractivity contribution in [3.63, 3.8) is 0 Å². The summed E-state index contributed by atoms with van der Waals surface area (Å²) in [5.41, 5.74) is 15.3. The van der Waals surface area contributed by atoms with Gasteiger partial charge in [0.15, 0.2) is 0 Å². The Morgan fingerprint density at radius 1 is 1.11 bits per heavy atom. The molecule has 4 heteroatoms. The van der Waals surface area contributed by atoms with E-state index in [4.69, 9.17) is 11.5 Å². The molecule has 3 rings (SSSR count). The van der Waals surface area contributed by atoms with Crippen molar-refractivity contribution >= 4 is 11.8 Å². The molecule has 1 aromatic heterocycles. The van der Waals surface area contributed by atoms with E-state index in [0.717, 1.165) is 18.4 Å². The minimum Gasteiger partial charge on any atom is -0.383 e. The Morgan fingerprint density at radius 3 is 2.78 bits per heavy atom. The fraction of sp³-hybridized carbons (Fsp3) is 0.286. The lowest BCUT2D eigenvalue weighted by Gasteiger charge is -2.26. The first-order valence-corrected chi connectivity index (χ1v) is 6.21. The highest BCUT2D eigenvalue weighted by Gasteiger charge is 2.23. The van der Waals surface area contributed by atoms with Crippen molar-refractivity contribution in [2.75, 3.05) is 11.5 Å². The third-order valence-corrected chi connectivity index (χ3v) is 3.61. The zero-order valence-corrected chi connectivity index (χ0v) is 10.1. The van der Waals surface area contributed by atoms with Crippen molar-refractivity contribution in [2.24, 2.45) is 0 Å². The molecule has 0 saturated carbocycles. The predicted molar refractivity (Wildman–Crippen MR) is 72.1 cm³/mol. The standard InChI is InChI=1S/C14H16N4/c15-13-12(8-17-14(16)18-13)11-7-3-5-9-4-1-2-6-10(9)11/h1-2,4,6,8,11H,3,5,7H2,(H4,15,16,17,18). The van der Waals surface area contributed by atoms with E-state index in [-0.39, 0.29) is 5.95 Å². The average Bonchev–Trinajstić information content (AvgIpc) is 2.38. The lowest BCUT2D eigenvalue weighted by atomic mass is 9.79. The summed E-state index contributed by atoms with van der Waals surface area (Å²) in [6, 6.07) is 8.53. The molecule has 0 fully saturated rings. The summed E-state index contributed by atoms with van der Waals surface area (Å²) >= 11 is 0. The number of fused-ring (bicyclic) bond motifs is 1. The summed E-state index contributed by atoms with van der Waals surface area (Å²) in [5.74, 6) is 1.04. The summed E-state index contributed by atoms with van der Waals surface area (Å²) < 4.78 is 0. The maximum atomic E-state index is 5.98. The zero-order chi connectivity index (χ0) is 12.5. The SMILES string of the molecule is Nc1ncc(C2CCCc3ccccc32)c(N)n1. The van der Waals surface area contributed by atoms with Crippen molar-refractivity contribution in [1.82, 2.24) is 9.97 Å². The Morgan fingerprint density at radius 2 is 1.94 bits per heavy atom. The van der Waals surface area contributed by atoms with Crippen LogP contribution in [0.15, 0.2) is 30.5 Å². The highest BCUT2D eigenvalue weighted by Crippen LogP contribution is 2.37. The van der Waals surface area contributed by atoms with Crippen LogP contribution in [-0.2, 0) is 6.42 Å². The lowest BCUT2D eigenvalue weighted by molar-refractivity contribution is 0.614. The predicted octanol–water partition coefficient (Wildman–Crippen LogP) is 2.11. The Hall–Kier alpha value is -2.10. The number of nitrogens with zero attached hydrogens (tertiary/aromatic N) is 2. The van der Waals surface area contributed by atoms with Gasteiger partial charge in [-0.25, -0.2) is 4.98 Å². The van der Waals surface area contributed by atoms with Crippen molar-refractivity contribution < 1.29 is 0 Å².